The van der Waals surface area contributed by atoms with Crippen LogP contribution in [0.3, 0.4) is 0 Å². The Kier molecular flexibility index (Phi) is 2.62. The summed E-state index contributed by atoms with van der Waals surface area (Å²) in [5.74, 6) is 0.676. The maximum absolute atomic E-state index is 5.98. The lowest BCUT2D eigenvalue weighted by Crippen LogP contribution is -2.15. The Hall–Kier alpha value is -1.51. The van der Waals surface area contributed by atoms with Gasteiger partial charge in [0.1, 0.15) is 5.84 Å². The van der Waals surface area contributed by atoms with E-state index in [0.29, 0.717) is 11.9 Å². The Bertz CT molecular complexity index is 401. The molecule has 3 heteroatoms. The highest BCUT2D eigenvalue weighted by Gasteiger charge is 2.17. The van der Waals surface area contributed by atoms with E-state index in [9.17, 15) is 0 Å². The van der Waals surface area contributed by atoms with Crippen LogP contribution in [0.5, 0.6) is 0 Å². The highest BCUT2D eigenvalue weighted by molar-refractivity contribution is 5.99. The fourth-order valence-corrected chi connectivity index (χ4v) is 2.10. The van der Waals surface area contributed by atoms with Gasteiger partial charge in [0.25, 0.3) is 0 Å². The largest absolute Gasteiger partial charge is 0.383 e. The van der Waals surface area contributed by atoms with Crippen LogP contribution < -0.4 is 5.73 Å². The predicted molar refractivity (Wildman–Crippen MR) is 63.1 cm³/mol. The quantitative estimate of drug-likeness (QED) is 0.729. The first-order chi connectivity index (χ1) is 7.22. The van der Waals surface area contributed by atoms with Crippen molar-refractivity contribution in [3.05, 3.63) is 36.2 Å². The Labute approximate surface area is 90.3 Å². The SMILES string of the molecule is C=CCC1CCc2c(ccn2C)C(N)=N1. The number of nitrogens with zero attached hydrogens (tertiary/aromatic N) is 2. The van der Waals surface area contributed by atoms with Gasteiger partial charge < -0.3 is 10.3 Å². The van der Waals surface area contributed by atoms with E-state index in [2.05, 4.69) is 23.2 Å². The predicted octanol–water partition coefficient (Wildman–Crippen LogP) is 1.62. The van der Waals surface area contributed by atoms with E-state index in [1.54, 1.807) is 0 Å². The summed E-state index contributed by atoms with van der Waals surface area (Å²) in [4.78, 5) is 4.53. The van der Waals surface area contributed by atoms with E-state index in [0.717, 1.165) is 24.8 Å². The molecule has 0 saturated heterocycles. The lowest BCUT2D eigenvalue weighted by molar-refractivity contribution is 0.615. The number of hydrogen-bond acceptors (Lipinski definition) is 2. The summed E-state index contributed by atoms with van der Waals surface area (Å²) in [6.07, 6.45) is 6.96. The zero-order chi connectivity index (χ0) is 10.8. The van der Waals surface area contributed by atoms with E-state index in [-0.39, 0.29) is 0 Å². The molecule has 1 aliphatic rings. The fraction of sp³-hybridized carbons (Fsp3) is 0.417. The Morgan fingerprint density at radius 2 is 2.53 bits per heavy atom. The number of aryl methyl sites for hydroxylation is 1. The van der Waals surface area contributed by atoms with E-state index in [1.807, 2.05) is 18.3 Å². The van der Waals surface area contributed by atoms with E-state index in [4.69, 9.17) is 5.73 Å². The molecule has 80 valence electrons. The van der Waals surface area contributed by atoms with Crippen molar-refractivity contribution in [2.75, 3.05) is 0 Å². The molecule has 0 spiro atoms. The standard InChI is InChI=1S/C12H17N3/c1-3-4-9-5-6-11-10(12(13)14-9)7-8-15(11)2/h3,7-9H,1,4-6H2,2H3,(H2,13,14). The number of rotatable bonds is 2. The summed E-state index contributed by atoms with van der Waals surface area (Å²) in [6, 6.07) is 2.35. The van der Waals surface area contributed by atoms with Crippen molar-refractivity contribution in [2.45, 2.75) is 25.3 Å². The average Bonchev–Trinajstić information content (AvgIpc) is 2.48. The lowest BCUT2D eigenvalue weighted by atomic mass is 10.1. The Balaban J connectivity index is 2.32. The van der Waals surface area contributed by atoms with Crippen LogP contribution in [0, 0.1) is 0 Å². The van der Waals surface area contributed by atoms with Gasteiger partial charge in [0, 0.05) is 24.5 Å². The minimum Gasteiger partial charge on any atom is -0.383 e. The van der Waals surface area contributed by atoms with Crippen LogP contribution in [0.1, 0.15) is 24.1 Å². The van der Waals surface area contributed by atoms with Crippen molar-refractivity contribution in [3.8, 4) is 0 Å². The summed E-state index contributed by atoms with van der Waals surface area (Å²) in [6.45, 7) is 3.75. The van der Waals surface area contributed by atoms with Crippen LogP contribution in [0.15, 0.2) is 29.9 Å². The van der Waals surface area contributed by atoms with Gasteiger partial charge in [-0.1, -0.05) is 6.08 Å². The van der Waals surface area contributed by atoms with Crippen molar-refractivity contribution in [1.82, 2.24) is 4.57 Å². The topological polar surface area (TPSA) is 43.3 Å². The van der Waals surface area contributed by atoms with Crippen LogP contribution >= 0.6 is 0 Å². The molecule has 0 saturated carbocycles. The number of aliphatic imine (C=N–C) groups is 1. The number of amidine groups is 1. The van der Waals surface area contributed by atoms with Gasteiger partial charge in [0.15, 0.2) is 0 Å². The van der Waals surface area contributed by atoms with Crippen molar-refractivity contribution in [2.24, 2.45) is 17.8 Å². The normalized spacial score (nSPS) is 20.3. The van der Waals surface area contributed by atoms with Crippen LogP contribution in [-0.4, -0.2) is 16.4 Å². The third-order valence-electron chi connectivity index (χ3n) is 2.95. The monoisotopic (exact) mass is 203 g/mol. The first-order valence-corrected chi connectivity index (χ1v) is 5.31. The summed E-state index contributed by atoms with van der Waals surface area (Å²) in [5, 5.41) is 0. The number of fused-ring (bicyclic) bond motifs is 1. The second-order valence-corrected chi connectivity index (χ2v) is 4.02. The van der Waals surface area contributed by atoms with Crippen molar-refractivity contribution >= 4 is 5.84 Å². The minimum absolute atomic E-state index is 0.301. The molecule has 1 aromatic rings. The molecule has 1 aromatic heterocycles. The highest BCUT2D eigenvalue weighted by Crippen LogP contribution is 2.20. The van der Waals surface area contributed by atoms with Crippen molar-refractivity contribution in [1.29, 1.82) is 0 Å². The second-order valence-electron chi connectivity index (χ2n) is 4.02. The zero-order valence-corrected chi connectivity index (χ0v) is 9.11. The van der Waals surface area contributed by atoms with Gasteiger partial charge in [0.05, 0.1) is 6.04 Å². The molecule has 0 aromatic carbocycles. The number of aromatic nitrogens is 1. The van der Waals surface area contributed by atoms with Crippen molar-refractivity contribution in [3.63, 3.8) is 0 Å². The first-order valence-electron chi connectivity index (χ1n) is 5.31. The number of nitrogens with two attached hydrogens (primary N) is 1. The van der Waals surface area contributed by atoms with E-state index in [1.165, 1.54) is 5.69 Å². The molecule has 2 heterocycles. The smallest absolute Gasteiger partial charge is 0.127 e. The summed E-state index contributed by atoms with van der Waals surface area (Å²) in [7, 11) is 2.06. The molecule has 0 amide bonds. The molecular formula is C12H17N3. The maximum Gasteiger partial charge on any atom is 0.127 e. The summed E-state index contributed by atoms with van der Waals surface area (Å²) in [5.41, 5.74) is 8.38. The third kappa shape index (κ3) is 1.82. The molecule has 0 radical (unpaired) electrons. The maximum atomic E-state index is 5.98. The van der Waals surface area contributed by atoms with Gasteiger partial charge in [-0.3, -0.25) is 4.99 Å². The van der Waals surface area contributed by atoms with E-state index >= 15 is 0 Å². The molecular weight excluding hydrogens is 186 g/mol. The van der Waals surface area contributed by atoms with Crippen molar-refractivity contribution < 1.29 is 0 Å². The molecule has 1 unspecified atom stereocenters. The average molecular weight is 203 g/mol. The van der Waals surface area contributed by atoms with Gasteiger partial charge in [-0.2, -0.15) is 0 Å². The van der Waals surface area contributed by atoms with Crippen LogP contribution in [0.25, 0.3) is 0 Å². The molecule has 0 fully saturated rings. The van der Waals surface area contributed by atoms with Crippen LogP contribution in [-0.2, 0) is 13.5 Å². The summed E-state index contributed by atoms with van der Waals surface area (Å²) >= 11 is 0. The summed E-state index contributed by atoms with van der Waals surface area (Å²) < 4.78 is 2.13. The van der Waals surface area contributed by atoms with Gasteiger partial charge in [-0.15, -0.1) is 6.58 Å². The third-order valence-corrected chi connectivity index (χ3v) is 2.95. The molecule has 3 nitrogen and oxygen atoms in total. The van der Waals surface area contributed by atoms with Gasteiger partial charge in [-0.25, -0.2) is 0 Å². The number of hydrogen-bond donors (Lipinski definition) is 1. The van der Waals surface area contributed by atoms with Crippen LogP contribution in [0.4, 0.5) is 0 Å². The minimum atomic E-state index is 0.301. The first kappa shape index (κ1) is 10.0. The van der Waals surface area contributed by atoms with Gasteiger partial charge >= 0.3 is 0 Å². The van der Waals surface area contributed by atoms with Gasteiger partial charge in [0.2, 0.25) is 0 Å². The molecule has 0 bridgehead atoms. The second kappa shape index (κ2) is 3.93. The fourth-order valence-electron chi connectivity index (χ4n) is 2.10. The van der Waals surface area contributed by atoms with Crippen LogP contribution in [0.2, 0.25) is 0 Å². The Morgan fingerprint density at radius 1 is 1.73 bits per heavy atom. The lowest BCUT2D eigenvalue weighted by Gasteiger charge is -2.07. The van der Waals surface area contributed by atoms with Gasteiger partial charge in [-0.05, 0) is 25.3 Å². The molecule has 2 N–H and O–H groups in total. The Morgan fingerprint density at radius 3 is 3.27 bits per heavy atom. The zero-order valence-electron chi connectivity index (χ0n) is 9.11. The molecule has 15 heavy (non-hydrogen) atoms. The molecule has 0 aliphatic carbocycles. The molecule has 1 aliphatic heterocycles. The molecule has 1 atom stereocenters. The highest BCUT2D eigenvalue weighted by atomic mass is 15.0. The molecule has 2 rings (SSSR count). The van der Waals surface area contributed by atoms with E-state index < -0.39 is 0 Å².